The van der Waals surface area contributed by atoms with Crippen LogP contribution in [0.15, 0.2) is 23.0 Å². The Morgan fingerprint density at radius 1 is 1.16 bits per heavy atom. The number of carbonyl (C=O) groups is 3. The first-order valence-corrected chi connectivity index (χ1v) is 9.93. The third-order valence-corrected chi connectivity index (χ3v) is 6.66. The second-order valence-electron chi connectivity index (χ2n) is 8.65. The maximum atomic E-state index is 13.4. The van der Waals surface area contributed by atoms with Gasteiger partial charge in [-0.2, -0.15) is 0 Å². The number of aliphatic hydroxyl groups is 3. The molecule has 4 atom stereocenters. The summed E-state index contributed by atoms with van der Waals surface area (Å²) in [5.41, 5.74) is 6.47. The number of primary amides is 1. The molecule has 9 heteroatoms. The predicted molar refractivity (Wildman–Crippen MR) is 110 cm³/mol. The van der Waals surface area contributed by atoms with E-state index in [0.29, 0.717) is 17.5 Å². The minimum absolute atomic E-state index is 0.00915. The number of amides is 1. The number of anilines is 1. The summed E-state index contributed by atoms with van der Waals surface area (Å²) in [5, 5.41) is 42.4. The van der Waals surface area contributed by atoms with Crippen molar-refractivity contribution in [1.82, 2.24) is 0 Å². The van der Waals surface area contributed by atoms with Crippen LogP contribution >= 0.6 is 0 Å². The first-order chi connectivity index (χ1) is 14.5. The fourth-order valence-electron chi connectivity index (χ4n) is 5.22. The number of carbonyl (C=O) groups excluding carboxylic acids is 3. The minimum atomic E-state index is -1.60. The number of hydrogen-bond acceptors (Lipinski definition) is 8. The van der Waals surface area contributed by atoms with Crippen molar-refractivity contribution >= 4 is 28.9 Å². The average Bonchev–Trinajstić information content (AvgIpc) is 2.67. The number of nitrogens with zero attached hydrogens (tertiary/aromatic N) is 1. The Bertz CT molecular complexity index is 1120. The molecule has 6 N–H and O–H groups in total. The quantitative estimate of drug-likeness (QED) is 0.339. The molecule has 9 nitrogen and oxygen atoms in total. The zero-order chi connectivity index (χ0) is 22.9. The standard InChI is InChI=1S/C22H24N2O7/c1-7-4-11(24(2)3)9-5-8-6-10-14(19(28)12(8)18(27)13(9)16(7)25)20(29)15(22(23)31)21(30)17(10)26/h4,8,10,14,17,25-27,30H,5-6H2,1-3H3,(H2,23,31). The van der Waals surface area contributed by atoms with E-state index in [1.54, 1.807) is 13.0 Å². The van der Waals surface area contributed by atoms with Crippen molar-refractivity contribution in [1.29, 1.82) is 0 Å². The zero-order valence-electron chi connectivity index (χ0n) is 17.3. The summed E-state index contributed by atoms with van der Waals surface area (Å²) in [6.45, 7) is 1.68. The second-order valence-corrected chi connectivity index (χ2v) is 8.65. The van der Waals surface area contributed by atoms with Crippen LogP contribution in [0.25, 0.3) is 5.76 Å². The molecule has 1 amide bonds. The summed E-state index contributed by atoms with van der Waals surface area (Å²) in [6.07, 6.45) is -1.18. The molecule has 0 aliphatic heterocycles. The Balaban J connectivity index is 1.91. The van der Waals surface area contributed by atoms with Crippen molar-refractivity contribution in [2.24, 2.45) is 23.5 Å². The van der Waals surface area contributed by atoms with E-state index in [9.17, 15) is 34.8 Å². The number of phenolic OH excluding ortho intramolecular Hbond substituents is 1. The number of aryl methyl sites for hydroxylation is 1. The van der Waals surface area contributed by atoms with Crippen LogP contribution in [0.2, 0.25) is 0 Å². The van der Waals surface area contributed by atoms with Crippen LogP contribution < -0.4 is 10.6 Å². The molecule has 4 rings (SSSR count). The fraction of sp³-hybridized carbons (Fsp3) is 0.409. The van der Waals surface area contributed by atoms with Gasteiger partial charge in [-0.15, -0.1) is 0 Å². The molecule has 31 heavy (non-hydrogen) atoms. The average molecular weight is 428 g/mol. The number of hydrogen-bond donors (Lipinski definition) is 5. The van der Waals surface area contributed by atoms with Gasteiger partial charge in [0.05, 0.1) is 11.5 Å². The molecule has 164 valence electrons. The molecule has 4 unspecified atom stereocenters. The van der Waals surface area contributed by atoms with Crippen LogP contribution in [0.3, 0.4) is 0 Å². The zero-order valence-corrected chi connectivity index (χ0v) is 17.3. The Morgan fingerprint density at radius 3 is 2.39 bits per heavy atom. The summed E-state index contributed by atoms with van der Waals surface area (Å²) in [7, 11) is 3.64. The number of allylic oxidation sites excluding steroid dienone is 1. The molecule has 0 spiro atoms. The van der Waals surface area contributed by atoms with E-state index in [-0.39, 0.29) is 23.3 Å². The molecule has 0 bridgehead atoms. The number of rotatable bonds is 2. The first kappa shape index (κ1) is 20.9. The van der Waals surface area contributed by atoms with Crippen molar-refractivity contribution < 1.29 is 34.8 Å². The normalized spacial score (nSPS) is 27.6. The molecule has 1 aromatic rings. The van der Waals surface area contributed by atoms with Gasteiger partial charge in [0.2, 0.25) is 0 Å². The highest BCUT2D eigenvalue weighted by molar-refractivity contribution is 6.28. The maximum Gasteiger partial charge on any atom is 0.255 e. The molecule has 3 aliphatic rings. The Labute approximate surface area is 178 Å². The van der Waals surface area contributed by atoms with E-state index < -0.39 is 58.4 Å². The van der Waals surface area contributed by atoms with Gasteiger partial charge in [0.25, 0.3) is 5.91 Å². The number of aliphatic hydroxyl groups excluding tert-OH is 3. The van der Waals surface area contributed by atoms with Crippen LogP contribution in [0.4, 0.5) is 5.69 Å². The van der Waals surface area contributed by atoms with Crippen molar-refractivity contribution in [3.63, 3.8) is 0 Å². The molecule has 0 saturated heterocycles. The monoisotopic (exact) mass is 428 g/mol. The van der Waals surface area contributed by atoms with E-state index >= 15 is 0 Å². The van der Waals surface area contributed by atoms with Crippen LogP contribution in [0, 0.1) is 24.7 Å². The Hall–Kier alpha value is -3.33. The molecule has 0 heterocycles. The van der Waals surface area contributed by atoms with Crippen LogP contribution in [-0.2, 0) is 20.8 Å². The minimum Gasteiger partial charge on any atom is -0.509 e. The fourth-order valence-corrected chi connectivity index (χ4v) is 5.22. The highest BCUT2D eigenvalue weighted by atomic mass is 16.3. The summed E-state index contributed by atoms with van der Waals surface area (Å²) in [5.74, 6) is -7.22. The highest BCUT2D eigenvalue weighted by Crippen LogP contribution is 2.51. The van der Waals surface area contributed by atoms with Crippen LogP contribution in [0.1, 0.15) is 23.1 Å². The van der Waals surface area contributed by atoms with Gasteiger partial charge in [-0.3, -0.25) is 14.4 Å². The lowest BCUT2D eigenvalue weighted by Crippen LogP contribution is -2.52. The van der Waals surface area contributed by atoms with E-state index in [1.807, 2.05) is 19.0 Å². The van der Waals surface area contributed by atoms with Gasteiger partial charge >= 0.3 is 0 Å². The Kier molecular flexibility index (Phi) is 4.62. The molecule has 3 aliphatic carbocycles. The maximum absolute atomic E-state index is 13.4. The molecule has 0 radical (unpaired) electrons. The van der Waals surface area contributed by atoms with E-state index in [0.717, 1.165) is 5.69 Å². The lowest BCUT2D eigenvalue weighted by molar-refractivity contribution is -0.138. The van der Waals surface area contributed by atoms with Gasteiger partial charge in [0, 0.05) is 31.3 Å². The first-order valence-electron chi connectivity index (χ1n) is 9.93. The van der Waals surface area contributed by atoms with Gasteiger partial charge in [-0.05, 0) is 42.9 Å². The molecule has 1 saturated carbocycles. The van der Waals surface area contributed by atoms with Gasteiger partial charge in [0.1, 0.15) is 28.9 Å². The molecular formula is C22H24N2O7. The highest BCUT2D eigenvalue weighted by Gasteiger charge is 2.55. The van der Waals surface area contributed by atoms with Gasteiger partial charge in [-0.1, -0.05) is 0 Å². The van der Waals surface area contributed by atoms with Gasteiger partial charge in [0.15, 0.2) is 11.6 Å². The third kappa shape index (κ3) is 2.76. The molecular weight excluding hydrogens is 404 g/mol. The number of phenols is 1. The summed E-state index contributed by atoms with van der Waals surface area (Å²) < 4.78 is 0. The van der Waals surface area contributed by atoms with E-state index in [1.165, 1.54) is 0 Å². The van der Waals surface area contributed by atoms with Crippen molar-refractivity contribution in [2.75, 3.05) is 19.0 Å². The smallest absolute Gasteiger partial charge is 0.255 e. The van der Waals surface area contributed by atoms with Crippen molar-refractivity contribution in [3.05, 3.63) is 39.7 Å². The SMILES string of the molecule is Cc1cc(N(C)C)c2c(c1O)C(O)=C1C(=O)C3C(=O)C(C(N)=O)=C(O)C(O)C3CC1C2. The summed E-state index contributed by atoms with van der Waals surface area (Å²) in [4.78, 5) is 39.7. The topological polar surface area (TPSA) is 161 Å². The second kappa shape index (κ2) is 6.84. The van der Waals surface area contributed by atoms with E-state index in [4.69, 9.17) is 5.73 Å². The van der Waals surface area contributed by atoms with E-state index in [2.05, 4.69) is 0 Å². The lowest BCUT2D eigenvalue weighted by Gasteiger charge is -2.43. The third-order valence-electron chi connectivity index (χ3n) is 6.66. The van der Waals surface area contributed by atoms with Crippen molar-refractivity contribution in [3.8, 4) is 5.75 Å². The summed E-state index contributed by atoms with van der Waals surface area (Å²) >= 11 is 0. The van der Waals surface area contributed by atoms with Gasteiger partial charge in [-0.25, -0.2) is 0 Å². The number of nitrogens with two attached hydrogens (primary N) is 1. The largest absolute Gasteiger partial charge is 0.509 e. The number of aromatic hydroxyl groups is 1. The van der Waals surface area contributed by atoms with Crippen LogP contribution in [0.5, 0.6) is 5.75 Å². The molecule has 1 fully saturated rings. The summed E-state index contributed by atoms with van der Waals surface area (Å²) in [6, 6.07) is 1.78. The Morgan fingerprint density at radius 2 is 1.81 bits per heavy atom. The van der Waals surface area contributed by atoms with Crippen LogP contribution in [-0.4, -0.2) is 58.1 Å². The lowest BCUT2D eigenvalue weighted by atomic mass is 9.60. The van der Waals surface area contributed by atoms with Gasteiger partial charge < -0.3 is 31.1 Å². The number of ketones is 2. The molecule has 0 aromatic heterocycles. The molecule has 1 aromatic carbocycles. The van der Waals surface area contributed by atoms with Crippen molar-refractivity contribution in [2.45, 2.75) is 25.9 Å². The number of benzene rings is 1. The predicted octanol–water partition coefficient (Wildman–Crippen LogP) is 0.654. The number of Topliss-reactive ketones (excluding diaryl/α,β-unsaturated/α-hetero) is 2. The number of fused-ring (bicyclic) bond motifs is 3.